The van der Waals surface area contributed by atoms with Gasteiger partial charge in [-0.25, -0.2) is 0 Å². The lowest BCUT2D eigenvalue weighted by molar-refractivity contribution is -0.114. The zero-order valence-electron chi connectivity index (χ0n) is 14.3. The molecule has 0 aliphatic rings. The highest BCUT2D eigenvalue weighted by molar-refractivity contribution is 7.99. The third-order valence-electron chi connectivity index (χ3n) is 3.36. The van der Waals surface area contributed by atoms with Crippen molar-refractivity contribution in [1.82, 2.24) is 20.2 Å². The van der Waals surface area contributed by atoms with Gasteiger partial charge in [-0.05, 0) is 59.0 Å². The Hall–Kier alpha value is -3.40. The van der Waals surface area contributed by atoms with Crippen LogP contribution in [-0.2, 0) is 9.59 Å². The number of thioether (sulfide) groups is 1. The summed E-state index contributed by atoms with van der Waals surface area (Å²) >= 11 is 1.19. The van der Waals surface area contributed by atoms with Crippen LogP contribution in [0.25, 0.3) is 5.69 Å². The minimum atomic E-state index is -0.215. The van der Waals surface area contributed by atoms with Gasteiger partial charge < -0.3 is 15.7 Å². The summed E-state index contributed by atoms with van der Waals surface area (Å²) in [5, 5.41) is 26.7. The van der Waals surface area contributed by atoms with Gasteiger partial charge in [-0.1, -0.05) is 11.8 Å². The number of phenolic OH excluding ortho intramolecular Hbond substituents is 1. The second-order valence-electron chi connectivity index (χ2n) is 5.49. The first-order chi connectivity index (χ1) is 13.0. The van der Waals surface area contributed by atoms with E-state index in [1.807, 2.05) is 0 Å². The first kappa shape index (κ1) is 18.4. The van der Waals surface area contributed by atoms with Gasteiger partial charge >= 0.3 is 0 Å². The van der Waals surface area contributed by atoms with E-state index >= 15 is 0 Å². The fourth-order valence-electron chi connectivity index (χ4n) is 2.19. The fourth-order valence-corrected chi connectivity index (χ4v) is 2.88. The molecule has 10 heteroatoms. The molecular weight excluding hydrogens is 368 g/mol. The largest absolute Gasteiger partial charge is 0.508 e. The number of amides is 2. The zero-order chi connectivity index (χ0) is 19.2. The van der Waals surface area contributed by atoms with E-state index in [0.717, 1.165) is 0 Å². The number of phenols is 1. The summed E-state index contributed by atoms with van der Waals surface area (Å²) in [6.45, 7) is 1.43. The van der Waals surface area contributed by atoms with Gasteiger partial charge in [-0.2, -0.15) is 4.68 Å². The molecule has 27 heavy (non-hydrogen) atoms. The lowest BCUT2D eigenvalue weighted by Gasteiger charge is -2.07. The van der Waals surface area contributed by atoms with Crippen molar-refractivity contribution in [2.75, 3.05) is 16.4 Å². The fraction of sp³-hybridized carbons (Fsp3) is 0.118. The summed E-state index contributed by atoms with van der Waals surface area (Å²) in [4.78, 5) is 23.2. The second-order valence-corrected chi connectivity index (χ2v) is 6.43. The number of nitrogens with one attached hydrogen (secondary N) is 2. The molecule has 0 radical (unpaired) electrons. The van der Waals surface area contributed by atoms with E-state index in [-0.39, 0.29) is 23.3 Å². The molecule has 3 rings (SSSR count). The Labute approximate surface area is 158 Å². The van der Waals surface area contributed by atoms with E-state index < -0.39 is 0 Å². The molecule has 1 aromatic heterocycles. The van der Waals surface area contributed by atoms with E-state index in [1.54, 1.807) is 36.4 Å². The lowest BCUT2D eigenvalue weighted by atomic mass is 10.3. The van der Waals surface area contributed by atoms with Gasteiger partial charge in [-0.3, -0.25) is 9.59 Å². The molecule has 9 nitrogen and oxygen atoms in total. The van der Waals surface area contributed by atoms with E-state index in [2.05, 4.69) is 26.2 Å². The third-order valence-corrected chi connectivity index (χ3v) is 4.28. The molecule has 0 atom stereocenters. The van der Waals surface area contributed by atoms with Gasteiger partial charge in [0.25, 0.3) is 0 Å². The molecule has 0 spiro atoms. The summed E-state index contributed by atoms with van der Waals surface area (Å²) in [7, 11) is 0. The quantitative estimate of drug-likeness (QED) is 0.556. The van der Waals surface area contributed by atoms with Crippen molar-refractivity contribution in [3.63, 3.8) is 0 Å². The Kier molecular flexibility index (Phi) is 5.67. The van der Waals surface area contributed by atoms with E-state index in [4.69, 9.17) is 0 Å². The second kappa shape index (κ2) is 8.32. The lowest BCUT2D eigenvalue weighted by Crippen LogP contribution is -2.14. The molecule has 0 saturated heterocycles. The van der Waals surface area contributed by atoms with Crippen molar-refractivity contribution >= 4 is 35.0 Å². The van der Waals surface area contributed by atoms with Crippen molar-refractivity contribution in [2.24, 2.45) is 0 Å². The molecule has 138 valence electrons. The molecule has 3 aromatic rings. The van der Waals surface area contributed by atoms with Crippen LogP contribution < -0.4 is 10.6 Å². The van der Waals surface area contributed by atoms with Crippen LogP contribution in [0.4, 0.5) is 11.4 Å². The monoisotopic (exact) mass is 384 g/mol. The number of hydrogen-bond acceptors (Lipinski definition) is 7. The maximum absolute atomic E-state index is 12.2. The van der Waals surface area contributed by atoms with Crippen molar-refractivity contribution in [2.45, 2.75) is 12.1 Å². The molecule has 1 heterocycles. The van der Waals surface area contributed by atoms with Crippen LogP contribution in [0.15, 0.2) is 53.7 Å². The molecular formula is C17H16N6O3S. The first-order valence-electron chi connectivity index (χ1n) is 7.89. The van der Waals surface area contributed by atoms with Crippen LogP contribution in [-0.4, -0.2) is 42.9 Å². The van der Waals surface area contributed by atoms with Crippen LogP contribution >= 0.6 is 11.8 Å². The Morgan fingerprint density at radius 1 is 1.04 bits per heavy atom. The maximum Gasteiger partial charge on any atom is 0.234 e. The van der Waals surface area contributed by atoms with Gasteiger partial charge in [0.15, 0.2) is 0 Å². The number of benzene rings is 2. The molecule has 0 fully saturated rings. The predicted molar refractivity (Wildman–Crippen MR) is 101 cm³/mol. The highest BCUT2D eigenvalue weighted by Gasteiger charge is 2.12. The Balaban J connectivity index is 1.58. The Bertz CT molecular complexity index is 940. The summed E-state index contributed by atoms with van der Waals surface area (Å²) in [6.07, 6.45) is 0. The van der Waals surface area contributed by atoms with E-state index in [1.165, 1.54) is 35.5 Å². The standard InChI is InChI=1S/C17H16N6O3S/c1-11(24)18-12-2-4-13(5-3-12)19-16(26)10-27-17-20-21-22-23(17)14-6-8-15(25)9-7-14/h2-9,25H,10H2,1H3,(H,18,24)(H,19,26). The van der Waals surface area contributed by atoms with Gasteiger partial charge in [0.1, 0.15) is 5.75 Å². The SMILES string of the molecule is CC(=O)Nc1ccc(NC(=O)CSc2nnnn2-c2ccc(O)cc2)cc1. The Morgan fingerprint density at radius 3 is 2.30 bits per heavy atom. The van der Waals surface area contributed by atoms with Crippen molar-refractivity contribution in [3.8, 4) is 11.4 Å². The van der Waals surface area contributed by atoms with Crippen LogP contribution in [0.2, 0.25) is 0 Å². The number of nitrogens with zero attached hydrogens (tertiary/aromatic N) is 4. The van der Waals surface area contributed by atoms with Crippen molar-refractivity contribution in [3.05, 3.63) is 48.5 Å². The number of carbonyl (C=O) groups excluding carboxylic acids is 2. The topological polar surface area (TPSA) is 122 Å². The molecule has 3 N–H and O–H groups in total. The molecule has 0 aliphatic carbocycles. The number of aromatic hydroxyl groups is 1. The average Bonchev–Trinajstić information content (AvgIpc) is 3.10. The number of aromatic nitrogens is 4. The zero-order valence-corrected chi connectivity index (χ0v) is 15.1. The summed E-state index contributed by atoms with van der Waals surface area (Å²) < 4.78 is 1.49. The number of anilines is 2. The average molecular weight is 384 g/mol. The molecule has 0 saturated carbocycles. The van der Waals surface area contributed by atoms with Crippen LogP contribution in [0.5, 0.6) is 5.75 Å². The molecule has 0 bridgehead atoms. The minimum absolute atomic E-state index is 0.117. The summed E-state index contributed by atoms with van der Waals surface area (Å²) in [6, 6.07) is 13.2. The molecule has 0 unspecified atom stereocenters. The van der Waals surface area contributed by atoms with Gasteiger partial charge in [0.2, 0.25) is 17.0 Å². The predicted octanol–water partition coefficient (Wildman–Crippen LogP) is 2.06. The summed E-state index contributed by atoms with van der Waals surface area (Å²) in [5.41, 5.74) is 1.95. The molecule has 2 aromatic carbocycles. The van der Waals surface area contributed by atoms with Crippen molar-refractivity contribution < 1.29 is 14.7 Å². The van der Waals surface area contributed by atoms with Gasteiger partial charge in [0, 0.05) is 18.3 Å². The Morgan fingerprint density at radius 2 is 1.67 bits per heavy atom. The maximum atomic E-state index is 12.2. The van der Waals surface area contributed by atoms with Crippen LogP contribution in [0.3, 0.4) is 0 Å². The smallest absolute Gasteiger partial charge is 0.234 e. The normalized spacial score (nSPS) is 10.4. The van der Waals surface area contributed by atoms with E-state index in [0.29, 0.717) is 22.2 Å². The van der Waals surface area contributed by atoms with Crippen LogP contribution in [0, 0.1) is 0 Å². The number of tetrazole rings is 1. The molecule has 2 amide bonds. The van der Waals surface area contributed by atoms with Gasteiger partial charge in [0.05, 0.1) is 11.4 Å². The third kappa shape index (κ3) is 5.05. The van der Waals surface area contributed by atoms with Gasteiger partial charge in [-0.15, -0.1) is 5.10 Å². The molecule has 0 aliphatic heterocycles. The first-order valence-corrected chi connectivity index (χ1v) is 8.88. The minimum Gasteiger partial charge on any atom is -0.508 e. The highest BCUT2D eigenvalue weighted by atomic mass is 32.2. The van der Waals surface area contributed by atoms with Crippen molar-refractivity contribution in [1.29, 1.82) is 0 Å². The van der Waals surface area contributed by atoms with E-state index in [9.17, 15) is 14.7 Å². The number of rotatable bonds is 6. The summed E-state index contributed by atoms with van der Waals surface area (Å²) in [5.74, 6) is -0.113. The van der Waals surface area contributed by atoms with Crippen LogP contribution in [0.1, 0.15) is 6.92 Å². The number of hydrogen-bond donors (Lipinski definition) is 3. The number of carbonyl (C=O) groups is 2. The highest BCUT2D eigenvalue weighted by Crippen LogP contribution is 2.20.